The molecule has 0 unspecified atom stereocenters. The van der Waals surface area contributed by atoms with Crippen molar-refractivity contribution in [1.82, 2.24) is 34.6 Å². The first-order valence-electron chi connectivity index (χ1n) is 12.6. The van der Waals surface area contributed by atoms with Gasteiger partial charge in [0.2, 0.25) is 5.91 Å². The minimum atomic E-state index is -0.608. The van der Waals surface area contributed by atoms with Gasteiger partial charge in [-0.25, -0.2) is 19.6 Å². The second kappa shape index (κ2) is 9.02. The molecule has 0 atom stereocenters. The van der Waals surface area contributed by atoms with E-state index in [1.807, 2.05) is 38.4 Å². The normalized spacial score (nSPS) is 17.4. The summed E-state index contributed by atoms with van der Waals surface area (Å²) in [7, 11) is 3.99. The largest absolute Gasteiger partial charge is 0.356 e. The van der Waals surface area contributed by atoms with Crippen LogP contribution in [0.4, 0.5) is 11.5 Å². The van der Waals surface area contributed by atoms with E-state index in [0.29, 0.717) is 12.8 Å². The van der Waals surface area contributed by atoms with Gasteiger partial charge < -0.3 is 15.2 Å². The number of amides is 1. The highest BCUT2D eigenvalue weighted by atomic mass is 16.2. The zero-order chi connectivity index (χ0) is 24.7. The van der Waals surface area contributed by atoms with Crippen LogP contribution in [0.5, 0.6) is 0 Å². The number of hydrogen-bond acceptors (Lipinski definition) is 7. The van der Waals surface area contributed by atoms with Crippen molar-refractivity contribution in [2.45, 2.75) is 44.1 Å². The highest BCUT2D eigenvalue weighted by Gasteiger charge is 2.44. The Morgan fingerprint density at radius 3 is 2.72 bits per heavy atom. The lowest BCUT2D eigenvalue weighted by Gasteiger charge is -2.45. The van der Waals surface area contributed by atoms with Gasteiger partial charge in [-0.3, -0.25) is 9.69 Å². The number of aryl methyl sites for hydroxylation is 2. The zero-order valence-electron chi connectivity index (χ0n) is 20.7. The van der Waals surface area contributed by atoms with Gasteiger partial charge in [0.05, 0.1) is 11.1 Å². The maximum Gasteiger partial charge on any atom is 0.245 e. The Hall–Kier alpha value is -3.79. The molecule has 1 aromatic carbocycles. The van der Waals surface area contributed by atoms with Crippen LogP contribution in [0.1, 0.15) is 36.9 Å². The summed E-state index contributed by atoms with van der Waals surface area (Å²) < 4.78 is 1.68. The number of fused-ring (bicyclic) bond motifs is 3. The van der Waals surface area contributed by atoms with Crippen LogP contribution in [-0.2, 0) is 17.6 Å². The number of benzene rings is 1. The average Bonchev–Trinajstić information content (AvgIpc) is 3.57. The van der Waals surface area contributed by atoms with Crippen molar-refractivity contribution in [3.8, 4) is 5.69 Å². The Bertz CT molecular complexity index is 1380. The summed E-state index contributed by atoms with van der Waals surface area (Å²) in [6, 6.07) is 7.67. The number of H-pyrrole nitrogens is 1. The quantitative estimate of drug-likeness (QED) is 0.447. The molecule has 0 bridgehead atoms. The monoisotopic (exact) mass is 485 g/mol. The summed E-state index contributed by atoms with van der Waals surface area (Å²) in [4.78, 5) is 34.9. The van der Waals surface area contributed by atoms with Gasteiger partial charge >= 0.3 is 0 Å². The number of hydrogen-bond donors (Lipinski definition) is 2. The van der Waals surface area contributed by atoms with Gasteiger partial charge in [0.25, 0.3) is 0 Å². The van der Waals surface area contributed by atoms with Gasteiger partial charge in [-0.2, -0.15) is 5.10 Å². The first kappa shape index (κ1) is 22.7. The van der Waals surface area contributed by atoms with Crippen molar-refractivity contribution < 1.29 is 4.79 Å². The van der Waals surface area contributed by atoms with Crippen LogP contribution in [0.15, 0.2) is 43.2 Å². The number of piperidine rings is 1. The Labute approximate surface area is 209 Å². The third-order valence-corrected chi connectivity index (χ3v) is 7.82. The number of carbonyl (C=O) groups excluding carboxylic acids is 1. The molecular weight excluding hydrogens is 454 g/mol. The fourth-order valence-electron chi connectivity index (χ4n) is 5.73. The standard InChI is InChI=1S/C26H31N9O/c1-33(2)26(25(36)31-18-6-5-7-19(14-18)35-17-27-15-30-35)10-12-34(13-11-26)24-22-20-8-3-4-9-21(20)32-23(22)28-16-29-24/h5-7,14-17H,3-4,8-13H2,1-2H3,(H,31,36)(H,28,29,32). The molecule has 10 heteroatoms. The summed E-state index contributed by atoms with van der Waals surface area (Å²) in [5.41, 5.74) is 4.60. The van der Waals surface area contributed by atoms with Gasteiger partial charge in [-0.15, -0.1) is 0 Å². The second-order valence-corrected chi connectivity index (χ2v) is 9.97. The van der Waals surface area contributed by atoms with Crippen LogP contribution in [0.25, 0.3) is 16.7 Å². The molecule has 0 spiro atoms. The van der Waals surface area contributed by atoms with Crippen molar-refractivity contribution in [2.75, 3.05) is 37.4 Å². The topological polar surface area (TPSA) is 108 Å². The first-order valence-corrected chi connectivity index (χ1v) is 12.6. The van der Waals surface area contributed by atoms with Crippen LogP contribution >= 0.6 is 0 Å². The maximum absolute atomic E-state index is 13.7. The Morgan fingerprint density at radius 2 is 1.94 bits per heavy atom. The maximum atomic E-state index is 13.7. The molecule has 1 fully saturated rings. The Balaban J connectivity index is 1.23. The van der Waals surface area contributed by atoms with Crippen molar-refractivity contribution in [3.63, 3.8) is 0 Å². The predicted octanol–water partition coefficient (Wildman–Crippen LogP) is 2.96. The van der Waals surface area contributed by atoms with Crippen molar-refractivity contribution in [3.05, 3.63) is 54.5 Å². The number of nitrogens with zero attached hydrogens (tertiary/aromatic N) is 7. The van der Waals surface area contributed by atoms with E-state index >= 15 is 0 Å². The molecular formula is C26H31N9O. The molecule has 3 aromatic heterocycles. The fraction of sp³-hybridized carbons (Fsp3) is 0.423. The Kier molecular flexibility index (Phi) is 5.67. The van der Waals surface area contributed by atoms with Gasteiger partial charge in [-0.1, -0.05) is 6.07 Å². The Morgan fingerprint density at radius 1 is 1.11 bits per heavy atom. The number of anilines is 2. The number of aromatic amines is 1. The molecule has 2 aliphatic rings. The molecule has 1 aliphatic heterocycles. The van der Waals surface area contributed by atoms with Crippen LogP contribution in [0.2, 0.25) is 0 Å². The SMILES string of the molecule is CN(C)C1(C(=O)Nc2cccc(-n3cncn3)c2)CCN(c2ncnc3[nH]c4c(c23)CCCC4)CC1. The van der Waals surface area contributed by atoms with Crippen LogP contribution < -0.4 is 10.2 Å². The van der Waals surface area contributed by atoms with Crippen molar-refractivity contribution in [1.29, 1.82) is 0 Å². The third kappa shape index (κ3) is 3.81. The fourth-order valence-corrected chi connectivity index (χ4v) is 5.73. The van der Waals surface area contributed by atoms with E-state index in [1.54, 1.807) is 17.3 Å². The van der Waals surface area contributed by atoms with Crippen LogP contribution in [-0.4, -0.2) is 73.2 Å². The van der Waals surface area contributed by atoms with E-state index in [1.165, 1.54) is 35.8 Å². The minimum absolute atomic E-state index is 0.00903. The van der Waals surface area contributed by atoms with Gasteiger partial charge in [-0.05, 0) is 76.4 Å². The molecule has 4 heterocycles. The zero-order valence-corrected chi connectivity index (χ0v) is 20.7. The molecule has 1 saturated heterocycles. The molecule has 4 aromatic rings. The van der Waals surface area contributed by atoms with E-state index in [9.17, 15) is 4.79 Å². The summed E-state index contributed by atoms with van der Waals surface area (Å²) in [5, 5.41) is 8.52. The highest BCUT2D eigenvalue weighted by molar-refractivity contribution is 5.99. The first-order chi connectivity index (χ1) is 17.5. The van der Waals surface area contributed by atoms with Gasteiger partial charge in [0.15, 0.2) is 0 Å². The molecule has 36 heavy (non-hydrogen) atoms. The molecule has 10 nitrogen and oxygen atoms in total. The second-order valence-electron chi connectivity index (χ2n) is 9.97. The smallest absolute Gasteiger partial charge is 0.245 e. The van der Waals surface area contributed by atoms with E-state index < -0.39 is 5.54 Å². The van der Waals surface area contributed by atoms with E-state index in [4.69, 9.17) is 4.98 Å². The molecule has 2 N–H and O–H groups in total. The lowest BCUT2D eigenvalue weighted by atomic mass is 9.85. The van der Waals surface area contributed by atoms with Crippen molar-refractivity contribution in [2.24, 2.45) is 0 Å². The van der Waals surface area contributed by atoms with Gasteiger partial charge in [0.1, 0.15) is 36.0 Å². The number of aromatic nitrogens is 6. The molecule has 6 rings (SSSR count). The summed E-state index contributed by atoms with van der Waals surface area (Å²) in [6.45, 7) is 1.49. The summed E-state index contributed by atoms with van der Waals surface area (Å²) in [5.74, 6) is 1.00. The molecule has 1 aliphatic carbocycles. The number of likely N-dealkylation sites (N-methyl/N-ethyl adjacent to an activating group) is 1. The number of carbonyl (C=O) groups is 1. The number of nitrogens with one attached hydrogen (secondary N) is 2. The lowest BCUT2D eigenvalue weighted by molar-refractivity contribution is -0.127. The lowest BCUT2D eigenvalue weighted by Crippen LogP contribution is -2.59. The predicted molar refractivity (Wildman–Crippen MR) is 138 cm³/mol. The molecule has 1 amide bonds. The summed E-state index contributed by atoms with van der Waals surface area (Å²) in [6.07, 6.45) is 10.8. The number of rotatable bonds is 5. The van der Waals surface area contributed by atoms with Crippen molar-refractivity contribution >= 4 is 28.4 Å². The third-order valence-electron chi connectivity index (χ3n) is 7.82. The highest BCUT2D eigenvalue weighted by Crippen LogP contribution is 2.37. The van der Waals surface area contributed by atoms with Crippen LogP contribution in [0.3, 0.4) is 0 Å². The molecule has 0 saturated carbocycles. The van der Waals surface area contributed by atoms with E-state index in [0.717, 1.165) is 48.8 Å². The van der Waals surface area contributed by atoms with Crippen LogP contribution in [0, 0.1) is 0 Å². The average molecular weight is 486 g/mol. The van der Waals surface area contributed by atoms with Gasteiger partial charge in [0, 0.05) is 24.5 Å². The minimum Gasteiger partial charge on any atom is -0.356 e. The molecule has 186 valence electrons. The summed E-state index contributed by atoms with van der Waals surface area (Å²) >= 11 is 0. The molecule has 0 radical (unpaired) electrons. The van der Waals surface area contributed by atoms with E-state index in [-0.39, 0.29) is 5.91 Å². The van der Waals surface area contributed by atoms with E-state index in [2.05, 4.69) is 35.2 Å².